The molecule has 1 heterocycles. The normalized spacial score (nSPS) is 10.8. The molecule has 1 aromatic heterocycles. The zero-order valence-electron chi connectivity index (χ0n) is 13.5. The van der Waals surface area contributed by atoms with Crippen LogP contribution >= 0.6 is 11.8 Å². The summed E-state index contributed by atoms with van der Waals surface area (Å²) >= 11 is 1.46. The van der Waals surface area contributed by atoms with Gasteiger partial charge in [-0.3, -0.25) is 9.36 Å². The van der Waals surface area contributed by atoms with Crippen LogP contribution in [0.2, 0.25) is 0 Å². The summed E-state index contributed by atoms with van der Waals surface area (Å²) in [6.07, 6.45) is 1.88. The maximum Gasteiger partial charge on any atom is 0.337 e. The van der Waals surface area contributed by atoms with Gasteiger partial charge in [0.25, 0.3) is 5.56 Å². The van der Waals surface area contributed by atoms with Gasteiger partial charge in [-0.1, -0.05) is 30.3 Å². The van der Waals surface area contributed by atoms with E-state index in [2.05, 4.69) is 0 Å². The molecule has 128 valence electrons. The SMILES string of the molecule is CSc1ccccc1-n1c(N)cc(=O)n(Cc2ccccc2F)c1=O. The van der Waals surface area contributed by atoms with Gasteiger partial charge in [-0.25, -0.2) is 13.8 Å². The Morgan fingerprint density at radius 2 is 1.76 bits per heavy atom. The molecular formula is C18H16FN3O2S. The van der Waals surface area contributed by atoms with Gasteiger partial charge in [0.05, 0.1) is 12.2 Å². The molecule has 3 rings (SSSR count). The molecule has 0 atom stereocenters. The van der Waals surface area contributed by atoms with Crippen LogP contribution in [0.15, 0.2) is 69.1 Å². The van der Waals surface area contributed by atoms with Gasteiger partial charge in [-0.05, 0) is 24.5 Å². The fraction of sp³-hybridized carbons (Fsp3) is 0.111. The van der Waals surface area contributed by atoms with Crippen molar-refractivity contribution in [2.24, 2.45) is 0 Å². The van der Waals surface area contributed by atoms with Crippen LogP contribution in [0.3, 0.4) is 0 Å². The predicted molar refractivity (Wildman–Crippen MR) is 98.0 cm³/mol. The standard InChI is InChI=1S/C18H16FN3O2S/c1-25-15-9-5-4-8-14(15)22-16(20)10-17(23)21(18(22)24)11-12-6-2-3-7-13(12)19/h2-10H,11,20H2,1H3. The minimum atomic E-state index is -0.602. The first kappa shape index (κ1) is 17.0. The molecule has 0 spiro atoms. The third-order valence-corrected chi connectivity index (χ3v) is 4.62. The van der Waals surface area contributed by atoms with Crippen LogP contribution < -0.4 is 17.0 Å². The quantitative estimate of drug-likeness (QED) is 0.729. The summed E-state index contributed by atoms with van der Waals surface area (Å²) in [5.74, 6) is -0.428. The summed E-state index contributed by atoms with van der Waals surface area (Å²) in [6.45, 7) is -0.161. The van der Waals surface area contributed by atoms with Crippen LogP contribution in [0.4, 0.5) is 10.2 Å². The Hall–Kier alpha value is -2.80. The van der Waals surface area contributed by atoms with E-state index in [1.165, 1.54) is 34.5 Å². The van der Waals surface area contributed by atoms with Crippen molar-refractivity contribution in [2.45, 2.75) is 11.4 Å². The van der Waals surface area contributed by atoms with E-state index in [0.29, 0.717) is 5.69 Å². The first-order valence-corrected chi connectivity index (χ1v) is 8.74. The minimum Gasteiger partial charge on any atom is -0.385 e. The number of anilines is 1. The van der Waals surface area contributed by atoms with E-state index in [4.69, 9.17) is 5.73 Å². The number of thioether (sulfide) groups is 1. The Balaban J connectivity index is 2.21. The molecule has 2 aromatic carbocycles. The van der Waals surface area contributed by atoms with Gasteiger partial charge in [0.2, 0.25) is 0 Å². The maximum atomic E-state index is 13.9. The molecule has 0 fully saturated rings. The smallest absolute Gasteiger partial charge is 0.337 e. The van der Waals surface area contributed by atoms with Crippen LogP contribution in [0, 0.1) is 5.82 Å². The van der Waals surface area contributed by atoms with Crippen molar-refractivity contribution in [3.63, 3.8) is 0 Å². The zero-order chi connectivity index (χ0) is 18.0. The molecule has 3 aromatic rings. The number of aromatic nitrogens is 2. The molecule has 7 heteroatoms. The van der Waals surface area contributed by atoms with E-state index in [0.717, 1.165) is 9.46 Å². The number of halogens is 1. The third-order valence-electron chi connectivity index (χ3n) is 3.83. The molecule has 0 bridgehead atoms. The van der Waals surface area contributed by atoms with Gasteiger partial charge in [0.15, 0.2) is 0 Å². The van der Waals surface area contributed by atoms with Crippen molar-refractivity contribution in [1.29, 1.82) is 0 Å². The largest absolute Gasteiger partial charge is 0.385 e. The fourth-order valence-corrected chi connectivity index (χ4v) is 3.18. The lowest BCUT2D eigenvalue weighted by molar-refractivity contribution is 0.584. The second-order valence-corrected chi connectivity index (χ2v) is 6.22. The minimum absolute atomic E-state index is 0.0429. The number of para-hydroxylation sites is 1. The van der Waals surface area contributed by atoms with E-state index < -0.39 is 17.1 Å². The number of nitrogens with two attached hydrogens (primary N) is 1. The van der Waals surface area contributed by atoms with E-state index in [1.54, 1.807) is 24.3 Å². The first-order chi connectivity index (χ1) is 12.0. The first-order valence-electron chi connectivity index (χ1n) is 7.52. The van der Waals surface area contributed by atoms with E-state index in [1.807, 2.05) is 18.4 Å². The van der Waals surface area contributed by atoms with E-state index in [9.17, 15) is 14.0 Å². The number of rotatable bonds is 4. The number of hydrogen-bond donors (Lipinski definition) is 1. The lowest BCUT2D eigenvalue weighted by Crippen LogP contribution is -2.40. The van der Waals surface area contributed by atoms with Crippen LogP contribution in [-0.2, 0) is 6.54 Å². The highest BCUT2D eigenvalue weighted by molar-refractivity contribution is 7.98. The molecule has 5 nitrogen and oxygen atoms in total. The van der Waals surface area contributed by atoms with Gasteiger partial charge in [0.1, 0.15) is 11.6 Å². The molecule has 0 saturated carbocycles. The summed E-state index contributed by atoms with van der Waals surface area (Å²) < 4.78 is 16.2. The fourth-order valence-electron chi connectivity index (χ4n) is 2.59. The lowest BCUT2D eigenvalue weighted by atomic mass is 10.2. The van der Waals surface area contributed by atoms with Crippen molar-refractivity contribution in [2.75, 3.05) is 12.0 Å². The molecule has 0 unspecified atom stereocenters. The summed E-state index contributed by atoms with van der Waals surface area (Å²) in [7, 11) is 0. The van der Waals surface area contributed by atoms with E-state index in [-0.39, 0.29) is 17.9 Å². The van der Waals surface area contributed by atoms with Crippen LogP contribution in [-0.4, -0.2) is 15.4 Å². The lowest BCUT2D eigenvalue weighted by Gasteiger charge is -2.15. The zero-order valence-corrected chi connectivity index (χ0v) is 14.3. The second kappa shape index (κ2) is 6.98. The topological polar surface area (TPSA) is 70.0 Å². The van der Waals surface area contributed by atoms with Crippen LogP contribution in [0.5, 0.6) is 0 Å². The Morgan fingerprint density at radius 1 is 1.08 bits per heavy atom. The number of nitrogen functional groups attached to an aromatic ring is 1. The highest BCUT2D eigenvalue weighted by atomic mass is 32.2. The molecular weight excluding hydrogens is 341 g/mol. The second-order valence-electron chi connectivity index (χ2n) is 5.37. The summed E-state index contributed by atoms with van der Waals surface area (Å²) in [5.41, 5.74) is 5.61. The summed E-state index contributed by atoms with van der Waals surface area (Å²) in [6, 6.07) is 14.5. The monoisotopic (exact) mass is 357 g/mol. The average Bonchev–Trinajstić information content (AvgIpc) is 2.60. The van der Waals surface area contributed by atoms with Gasteiger partial charge in [0, 0.05) is 16.5 Å². The van der Waals surface area contributed by atoms with Crippen molar-refractivity contribution in [1.82, 2.24) is 9.13 Å². The Bertz CT molecular complexity index is 1040. The molecule has 0 radical (unpaired) electrons. The molecule has 2 N–H and O–H groups in total. The van der Waals surface area contributed by atoms with Gasteiger partial charge in [-0.15, -0.1) is 11.8 Å². The van der Waals surface area contributed by atoms with Gasteiger partial charge in [-0.2, -0.15) is 0 Å². The van der Waals surface area contributed by atoms with E-state index >= 15 is 0 Å². The summed E-state index contributed by atoms with van der Waals surface area (Å²) in [5, 5.41) is 0. The average molecular weight is 357 g/mol. The Morgan fingerprint density at radius 3 is 2.48 bits per heavy atom. The van der Waals surface area contributed by atoms with Crippen LogP contribution in [0.1, 0.15) is 5.56 Å². The number of benzene rings is 2. The highest BCUT2D eigenvalue weighted by Gasteiger charge is 2.15. The predicted octanol–water partition coefficient (Wildman–Crippen LogP) is 2.49. The van der Waals surface area contributed by atoms with Crippen molar-refractivity contribution >= 4 is 17.6 Å². The van der Waals surface area contributed by atoms with Gasteiger partial charge >= 0.3 is 5.69 Å². The molecule has 0 aliphatic heterocycles. The molecule has 0 amide bonds. The number of nitrogens with zero attached hydrogens (tertiary/aromatic N) is 2. The van der Waals surface area contributed by atoms with Crippen molar-refractivity contribution in [3.05, 3.63) is 86.8 Å². The molecule has 25 heavy (non-hydrogen) atoms. The third kappa shape index (κ3) is 3.23. The van der Waals surface area contributed by atoms with Crippen molar-refractivity contribution < 1.29 is 4.39 Å². The maximum absolute atomic E-state index is 13.9. The Kier molecular flexibility index (Phi) is 4.76. The molecule has 0 aliphatic carbocycles. The highest BCUT2D eigenvalue weighted by Crippen LogP contribution is 2.23. The number of hydrogen-bond acceptors (Lipinski definition) is 4. The molecule has 0 aliphatic rings. The molecule has 0 saturated heterocycles. The van der Waals surface area contributed by atoms with Gasteiger partial charge < -0.3 is 5.73 Å². The van der Waals surface area contributed by atoms with Crippen LogP contribution in [0.25, 0.3) is 5.69 Å². The summed E-state index contributed by atoms with van der Waals surface area (Å²) in [4.78, 5) is 26.0. The Labute approximate surface area is 147 Å². The van der Waals surface area contributed by atoms with Crippen molar-refractivity contribution in [3.8, 4) is 5.69 Å².